The number of piperidine rings is 1. The molecule has 1 N–H and O–H groups in total. The summed E-state index contributed by atoms with van der Waals surface area (Å²) in [6.45, 7) is 7.62. The monoisotopic (exact) mass is 272 g/mol. The Hall–Kier alpha value is -0.840. The van der Waals surface area contributed by atoms with Gasteiger partial charge in [-0.15, -0.1) is 0 Å². The van der Waals surface area contributed by atoms with E-state index in [1.54, 1.807) is 4.90 Å². The van der Waals surface area contributed by atoms with Gasteiger partial charge in [0.15, 0.2) is 0 Å². The number of hydrogen-bond acceptors (Lipinski definition) is 3. The summed E-state index contributed by atoms with van der Waals surface area (Å²) in [4.78, 5) is 13.8. The minimum Gasteiger partial charge on any atom is -0.444 e. The predicted molar refractivity (Wildman–Crippen MR) is 71.8 cm³/mol. The van der Waals surface area contributed by atoms with E-state index < -0.39 is 11.8 Å². The molecule has 0 spiro atoms. The lowest BCUT2D eigenvalue weighted by Gasteiger charge is -2.34. The molecule has 0 aromatic rings. The number of carbonyl (C=O) groups is 1. The van der Waals surface area contributed by atoms with Gasteiger partial charge in [0.25, 0.3) is 0 Å². The van der Waals surface area contributed by atoms with E-state index in [0.29, 0.717) is 12.3 Å². The molecule has 2 atom stereocenters. The fourth-order valence-electron chi connectivity index (χ4n) is 3.02. The topological polar surface area (TPSA) is 41.6 Å². The highest BCUT2D eigenvalue weighted by molar-refractivity contribution is 5.69. The third-order valence-corrected chi connectivity index (χ3v) is 3.85. The number of nitrogens with one attached hydrogen (secondary N) is 1. The number of hydrogen-bond donors (Lipinski definition) is 1. The van der Waals surface area contributed by atoms with Crippen LogP contribution in [0.4, 0.5) is 9.18 Å². The number of alkyl halides is 1. The van der Waals surface area contributed by atoms with E-state index in [2.05, 4.69) is 5.32 Å². The molecule has 2 rings (SSSR count). The Morgan fingerprint density at radius 2 is 1.95 bits per heavy atom. The number of ether oxygens (including phenoxy) is 1. The first-order valence-electron chi connectivity index (χ1n) is 7.21. The Morgan fingerprint density at radius 1 is 1.32 bits per heavy atom. The highest BCUT2D eigenvalue weighted by atomic mass is 19.1. The molecule has 19 heavy (non-hydrogen) atoms. The molecule has 0 bridgehead atoms. The first-order chi connectivity index (χ1) is 8.87. The summed E-state index contributed by atoms with van der Waals surface area (Å²) in [5.74, 6) is 0.398. The van der Waals surface area contributed by atoms with Crippen molar-refractivity contribution in [3.05, 3.63) is 0 Å². The van der Waals surface area contributed by atoms with Crippen molar-refractivity contribution in [3.8, 4) is 0 Å². The zero-order valence-corrected chi connectivity index (χ0v) is 12.1. The van der Waals surface area contributed by atoms with Crippen molar-refractivity contribution in [2.75, 3.05) is 19.6 Å². The van der Waals surface area contributed by atoms with Gasteiger partial charge < -0.3 is 15.0 Å². The SMILES string of the molecule is CC(C)(C)OC(=O)N1C[C@@H](F)C[C@H]1C1CCNCC1. The molecule has 4 nitrogen and oxygen atoms in total. The van der Waals surface area contributed by atoms with Gasteiger partial charge in [0, 0.05) is 12.5 Å². The van der Waals surface area contributed by atoms with E-state index >= 15 is 0 Å². The van der Waals surface area contributed by atoms with Gasteiger partial charge in [0.2, 0.25) is 0 Å². The summed E-state index contributed by atoms with van der Waals surface area (Å²) >= 11 is 0. The number of amides is 1. The molecule has 2 aliphatic heterocycles. The van der Waals surface area contributed by atoms with Crippen molar-refractivity contribution in [1.29, 1.82) is 0 Å². The summed E-state index contributed by atoms with van der Waals surface area (Å²) in [6, 6.07) is 0.00644. The van der Waals surface area contributed by atoms with Crippen LogP contribution in [-0.4, -0.2) is 48.4 Å². The van der Waals surface area contributed by atoms with Crippen LogP contribution in [0.25, 0.3) is 0 Å². The van der Waals surface area contributed by atoms with Crippen LogP contribution in [0.2, 0.25) is 0 Å². The molecule has 110 valence electrons. The molecule has 0 saturated carbocycles. The second kappa shape index (κ2) is 5.65. The maximum absolute atomic E-state index is 13.7. The Kier molecular flexibility index (Phi) is 4.33. The van der Waals surface area contributed by atoms with Crippen LogP contribution in [0.15, 0.2) is 0 Å². The zero-order chi connectivity index (χ0) is 14.0. The summed E-state index contributed by atoms with van der Waals surface area (Å²) in [5, 5.41) is 3.30. The van der Waals surface area contributed by atoms with E-state index in [0.717, 1.165) is 25.9 Å². The molecule has 5 heteroatoms. The lowest BCUT2D eigenvalue weighted by atomic mass is 9.88. The number of likely N-dealkylation sites (tertiary alicyclic amines) is 1. The number of halogens is 1. The molecule has 0 aromatic carbocycles. The number of rotatable bonds is 1. The molecule has 2 fully saturated rings. The van der Waals surface area contributed by atoms with E-state index in [9.17, 15) is 9.18 Å². The fraction of sp³-hybridized carbons (Fsp3) is 0.929. The molecule has 2 heterocycles. The lowest BCUT2D eigenvalue weighted by Crippen LogP contribution is -2.45. The standard InChI is InChI=1S/C14H25FN2O2/c1-14(2,3)19-13(18)17-9-11(15)8-12(17)10-4-6-16-7-5-10/h10-12,16H,4-9H2,1-3H3/t11-,12-/m0/s1. The third-order valence-electron chi connectivity index (χ3n) is 3.85. The molecular weight excluding hydrogens is 247 g/mol. The molecule has 2 saturated heterocycles. The molecule has 0 aromatic heterocycles. The van der Waals surface area contributed by atoms with Gasteiger partial charge >= 0.3 is 6.09 Å². The number of nitrogens with zero attached hydrogens (tertiary/aromatic N) is 1. The Labute approximate surface area is 114 Å². The lowest BCUT2D eigenvalue weighted by molar-refractivity contribution is 0.0155. The Balaban J connectivity index is 2.02. The van der Waals surface area contributed by atoms with Crippen molar-refractivity contribution in [1.82, 2.24) is 10.2 Å². The van der Waals surface area contributed by atoms with Crippen LogP contribution in [0, 0.1) is 5.92 Å². The average molecular weight is 272 g/mol. The minimum atomic E-state index is -0.910. The largest absolute Gasteiger partial charge is 0.444 e. The van der Waals surface area contributed by atoms with Gasteiger partial charge in [-0.05, 0) is 52.6 Å². The third kappa shape index (κ3) is 3.81. The van der Waals surface area contributed by atoms with Crippen LogP contribution in [0.1, 0.15) is 40.0 Å². The Morgan fingerprint density at radius 3 is 2.53 bits per heavy atom. The molecule has 0 radical (unpaired) electrons. The first-order valence-corrected chi connectivity index (χ1v) is 7.21. The van der Waals surface area contributed by atoms with Crippen LogP contribution in [-0.2, 0) is 4.74 Å². The van der Waals surface area contributed by atoms with Crippen molar-refractivity contribution in [2.24, 2.45) is 5.92 Å². The van der Waals surface area contributed by atoms with Gasteiger partial charge in [-0.25, -0.2) is 9.18 Å². The van der Waals surface area contributed by atoms with Crippen molar-refractivity contribution in [2.45, 2.75) is 57.8 Å². The van der Waals surface area contributed by atoms with E-state index in [1.807, 2.05) is 20.8 Å². The van der Waals surface area contributed by atoms with Crippen LogP contribution >= 0.6 is 0 Å². The van der Waals surface area contributed by atoms with Crippen molar-refractivity contribution >= 4 is 6.09 Å². The van der Waals surface area contributed by atoms with Gasteiger partial charge in [-0.2, -0.15) is 0 Å². The van der Waals surface area contributed by atoms with Crippen molar-refractivity contribution in [3.63, 3.8) is 0 Å². The van der Waals surface area contributed by atoms with Gasteiger partial charge in [-0.3, -0.25) is 0 Å². The highest BCUT2D eigenvalue weighted by Crippen LogP contribution is 2.32. The highest BCUT2D eigenvalue weighted by Gasteiger charge is 2.41. The summed E-state index contributed by atoms with van der Waals surface area (Å²) in [5.41, 5.74) is -0.524. The normalized spacial score (nSPS) is 29.6. The second-order valence-electron chi connectivity index (χ2n) is 6.62. The van der Waals surface area contributed by atoms with E-state index in [4.69, 9.17) is 4.74 Å². The van der Waals surface area contributed by atoms with Gasteiger partial charge in [0.1, 0.15) is 11.8 Å². The van der Waals surface area contributed by atoms with E-state index in [1.165, 1.54) is 0 Å². The molecule has 0 unspecified atom stereocenters. The zero-order valence-electron chi connectivity index (χ0n) is 12.1. The minimum absolute atomic E-state index is 0.00644. The first kappa shape index (κ1) is 14.6. The second-order valence-corrected chi connectivity index (χ2v) is 6.62. The number of carbonyl (C=O) groups excluding carboxylic acids is 1. The van der Waals surface area contributed by atoms with Gasteiger partial charge in [-0.1, -0.05) is 0 Å². The summed E-state index contributed by atoms with van der Waals surface area (Å²) in [6.07, 6.45) is 1.21. The van der Waals surface area contributed by atoms with Crippen molar-refractivity contribution < 1.29 is 13.9 Å². The maximum atomic E-state index is 13.7. The maximum Gasteiger partial charge on any atom is 0.410 e. The smallest absolute Gasteiger partial charge is 0.410 e. The molecule has 2 aliphatic rings. The average Bonchev–Trinajstić information content (AvgIpc) is 2.70. The fourth-order valence-corrected chi connectivity index (χ4v) is 3.02. The predicted octanol–water partition coefficient (Wildman–Crippen LogP) is 2.33. The van der Waals surface area contributed by atoms with Gasteiger partial charge in [0.05, 0.1) is 6.54 Å². The van der Waals surface area contributed by atoms with Crippen LogP contribution in [0.3, 0.4) is 0 Å². The summed E-state index contributed by atoms with van der Waals surface area (Å²) in [7, 11) is 0. The quantitative estimate of drug-likeness (QED) is 0.796. The van der Waals surface area contributed by atoms with Crippen LogP contribution in [0.5, 0.6) is 0 Å². The molecule has 0 aliphatic carbocycles. The molecule has 1 amide bonds. The Bertz CT molecular complexity index is 324. The van der Waals surface area contributed by atoms with E-state index in [-0.39, 0.29) is 18.7 Å². The van der Waals surface area contributed by atoms with Crippen LogP contribution < -0.4 is 5.32 Å². The summed E-state index contributed by atoms with van der Waals surface area (Å²) < 4.78 is 19.1. The molecular formula is C14H25FN2O2.